The molecule has 0 radical (unpaired) electrons. The number of rotatable bonds is 7. The molecular formula is C25H25NO5S. The zero-order valence-electron chi connectivity index (χ0n) is 18.1. The molecule has 32 heavy (non-hydrogen) atoms. The molecule has 0 aliphatic carbocycles. The van der Waals surface area contributed by atoms with Gasteiger partial charge in [0.25, 0.3) is 0 Å². The molecule has 2 heterocycles. The summed E-state index contributed by atoms with van der Waals surface area (Å²) in [6.07, 6.45) is 0.566. The molecule has 0 N–H and O–H groups in total. The van der Waals surface area contributed by atoms with E-state index in [4.69, 9.17) is 4.74 Å². The summed E-state index contributed by atoms with van der Waals surface area (Å²) in [6, 6.07) is 17.4. The van der Waals surface area contributed by atoms with Gasteiger partial charge in [0.05, 0.1) is 11.5 Å². The highest BCUT2D eigenvalue weighted by molar-refractivity contribution is 7.91. The Hall–Kier alpha value is -3.19. The highest BCUT2D eigenvalue weighted by Gasteiger charge is 2.31. The van der Waals surface area contributed by atoms with Crippen molar-refractivity contribution in [2.75, 3.05) is 18.1 Å². The molecule has 1 unspecified atom stereocenters. The maximum Gasteiger partial charge on any atom is 0.202 e. The van der Waals surface area contributed by atoms with E-state index in [1.165, 1.54) is 0 Å². The van der Waals surface area contributed by atoms with Crippen molar-refractivity contribution in [1.82, 2.24) is 4.57 Å². The number of aryl methyl sites for hydroxylation is 1. The second-order valence-electron chi connectivity index (χ2n) is 8.14. The minimum Gasteiger partial charge on any atom is -0.485 e. The Labute approximate surface area is 187 Å². The van der Waals surface area contributed by atoms with Crippen LogP contribution < -0.4 is 4.74 Å². The van der Waals surface area contributed by atoms with E-state index in [0.29, 0.717) is 28.9 Å². The van der Waals surface area contributed by atoms with E-state index in [0.717, 1.165) is 11.4 Å². The van der Waals surface area contributed by atoms with Crippen LogP contribution in [0.5, 0.6) is 5.75 Å². The molecule has 2 aromatic carbocycles. The monoisotopic (exact) mass is 451 g/mol. The maximum atomic E-state index is 12.8. The first kappa shape index (κ1) is 22.0. The van der Waals surface area contributed by atoms with Crippen LogP contribution in [0.4, 0.5) is 0 Å². The predicted octanol–water partition coefficient (Wildman–Crippen LogP) is 3.96. The van der Waals surface area contributed by atoms with Gasteiger partial charge >= 0.3 is 0 Å². The molecular weight excluding hydrogens is 426 g/mol. The van der Waals surface area contributed by atoms with Gasteiger partial charge in [-0.15, -0.1) is 0 Å². The van der Waals surface area contributed by atoms with E-state index < -0.39 is 9.84 Å². The van der Waals surface area contributed by atoms with Crippen LogP contribution in [0.1, 0.15) is 50.1 Å². The fourth-order valence-electron chi connectivity index (χ4n) is 4.29. The SMILES string of the molecule is Cc1cc(C(=O)COc2ccc(C(=O)c3ccccc3)cc2)c(C)n1C1CCS(=O)(=O)C1. The number of ether oxygens (including phenoxy) is 1. The third kappa shape index (κ3) is 4.53. The van der Waals surface area contributed by atoms with Crippen molar-refractivity contribution < 1.29 is 22.7 Å². The molecule has 7 heteroatoms. The number of hydrogen-bond acceptors (Lipinski definition) is 5. The van der Waals surface area contributed by atoms with Crippen LogP contribution in [0, 0.1) is 13.8 Å². The average molecular weight is 452 g/mol. The van der Waals surface area contributed by atoms with Crippen molar-refractivity contribution in [2.24, 2.45) is 0 Å². The number of aromatic nitrogens is 1. The van der Waals surface area contributed by atoms with Gasteiger partial charge in [-0.2, -0.15) is 0 Å². The number of carbonyl (C=O) groups is 2. The van der Waals surface area contributed by atoms with Crippen molar-refractivity contribution in [3.63, 3.8) is 0 Å². The fourth-order valence-corrected chi connectivity index (χ4v) is 5.99. The molecule has 0 bridgehead atoms. The highest BCUT2D eigenvalue weighted by atomic mass is 32.2. The first-order valence-corrected chi connectivity index (χ1v) is 12.3. The van der Waals surface area contributed by atoms with Crippen molar-refractivity contribution in [1.29, 1.82) is 0 Å². The minimum absolute atomic E-state index is 0.0745. The first-order valence-electron chi connectivity index (χ1n) is 10.5. The van der Waals surface area contributed by atoms with Gasteiger partial charge in [-0.05, 0) is 50.6 Å². The number of Topliss-reactive ketones (excluding diaryl/α,β-unsaturated/α-hetero) is 1. The van der Waals surface area contributed by atoms with Crippen molar-refractivity contribution in [2.45, 2.75) is 26.3 Å². The molecule has 6 nitrogen and oxygen atoms in total. The lowest BCUT2D eigenvalue weighted by Crippen LogP contribution is -2.16. The number of hydrogen-bond donors (Lipinski definition) is 0. The predicted molar refractivity (Wildman–Crippen MR) is 122 cm³/mol. The van der Waals surface area contributed by atoms with E-state index in [1.54, 1.807) is 42.5 Å². The fraction of sp³-hybridized carbons (Fsp3) is 0.280. The van der Waals surface area contributed by atoms with Crippen molar-refractivity contribution in [3.05, 3.63) is 88.7 Å². The largest absolute Gasteiger partial charge is 0.485 e. The number of nitrogens with zero attached hydrogens (tertiary/aromatic N) is 1. The summed E-state index contributed by atoms with van der Waals surface area (Å²) in [7, 11) is -3.02. The van der Waals surface area contributed by atoms with Crippen LogP contribution >= 0.6 is 0 Å². The van der Waals surface area contributed by atoms with E-state index in [9.17, 15) is 18.0 Å². The highest BCUT2D eigenvalue weighted by Crippen LogP contribution is 2.29. The Morgan fingerprint density at radius 2 is 1.66 bits per heavy atom. The summed E-state index contributed by atoms with van der Waals surface area (Å²) in [5, 5.41) is 0. The average Bonchev–Trinajstić information content (AvgIpc) is 3.29. The van der Waals surface area contributed by atoms with Crippen LogP contribution in [0.2, 0.25) is 0 Å². The zero-order valence-corrected chi connectivity index (χ0v) is 18.9. The lowest BCUT2D eigenvalue weighted by atomic mass is 10.0. The molecule has 1 aliphatic rings. The van der Waals surface area contributed by atoms with E-state index in [-0.39, 0.29) is 35.7 Å². The summed E-state index contributed by atoms with van der Waals surface area (Å²) in [5.41, 5.74) is 3.34. The van der Waals surface area contributed by atoms with Crippen LogP contribution in [0.3, 0.4) is 0 Å². The van der Waals surface area contributed by atoms with Gasteiger partial charge in [0.1, 0.15) is 5.75 Å². The lowest BCUT2D eigenvalue weighted by molar-refractivity contribution is 0.0920. The van der Waals surface area contributed by atoms with E-state index >= 15 is 0 Å². The second kappa shape index (κ2) is 8.74. The van der Waals surface area contributed by atoms with Gasteiger partial charge in [0, 0.05) is 34.1 Å². The number of ketones is 2. The maximum absolute atomic E-state index is 12.8. The summed E-state index contributed by atoms with van der Waals surface area (Å²) in [4.78, 5) is 25.3. The lowest BCUT2D eigenvalue weighted by Gasteiger charge is -2.16. The Bertz CT molecular complexity index is 1260. The smallest absolute Gasteiger partial charge is 0.202 e. The number of benzene rings is 2. The van der Waals surface area contributed by atoms with Gasteiger partial charge in [0.2, 0.25) is 5.78 Å². The molecule has 166 valence electrons. The molecule has 1 atom stereocenters. The van der Waals surface area contributed by atoms with Crippen LogP contribution in [0.15, 0.2) is 60.7 Å². The normalized spacial score (nSPS) is 17.2. The number of carbonyl (C=O) groups excluding carboxylic acids is 2. The van der Waals surface area contributed by atoms with Gasteiger partial charge in [0.15, 0.2) is 22.2 Å². The van der Waals surface area contributed by atoms with E-state index in [1.807, 2.05) is 36.6 Å². The third-order valence-corrected chi connectivity index (χ3v) is 7.63. The molecule has 1 aliphatic heterocycles. The van der Waals surface area contributed by atoms with Crippen LogP contribution in [0.25, 0.3) is 0 Å². The molecule has 0 spiro atoms. The first-order chi connectivity index (χ1) is 15.2. The van der Waals surface area contributed by atoms with Gasteiger partial charge in [-0.25, -0.2) is 8.42 Å². The molecule has 1 saturated heterocycles. The summed E-state index contributed by atoms with van der Waals surface area (Å²) in [6.45, 7) is 3.59. The third-order valence-electron chi connectivity index (χ3n) is 5.88. The van der Waals surface area contributed by atoms with E-state index in [2.05, 4.69) is 0 Å². The Balaban J connectivity index is 1.42. The Kier molecular flexibility index (Phi) is 6.02. The van der Waals surface area contributed by atoms with Crippen LogP contribution in [-0.4, -0.2) is 42.7 Å². The summed E-state index contributed by atoms with van der Waals surface area (Å²) < 4.78 is 31.3. The Morgan fingerprint density at radius 1 is 1.00 bits per heavy atom. The molecule has 0 saturated carbocycles. The topological polar surface area (TPSA) is 82.4 Å². The number of sulfone groups is 1. The molecule has 0 amide bonds. The second-order valence-corrected chi connectivity index (χ2v) is 10.4. The van der Waals surface area contributed by atoms with Gasteiger partial charge < -0.3 is 9.30 Å². The molecule has 4 rings (SSSR count). The van der Waals surface area contributed by atoms with Crippen molar-refractivity contribution in [3.8, 4) is 5.75 Å². The van der Waals surface area contributed by atoms with Gasteiger partial charge in [-0.3, -0.25) is 9.59 Å². The molecule has 1 aromatic heterocycles. The minimum atomic E-state index is -3.02. The zero-order chi connectivity index (χ0) is 22.9. The van der Waals surface area contributed by atoms with Crippen LogP contribution in [-0.2, 0) is 9.84 Å². The summed E-state index contributed by atoms with van der Waals surface area (Å²) >= 11 is 0. The van der Waals surface area contributed by atoms with Crippen molar-refractivity contribution >= 4 is 21.4 Å². The standard InChI is InChI=1S/C25H25NO5S/c1-17-14-23(18(2)26(17)21-12-13-32(29,30)16-21)24(27)15-31-22-10-8-20(9-11-22)25(28)19-6-4-3-5-7-19/h3-11,14,21H,12-13,15-16H2,1-2H3. The Morgan fingerprint density at radius 3 is 2.28 bits per heavy atom. The summed E-state index contributed by atoms with van der Waals surface area (Å²) in [5.74, 6) is 0.550. The van der Waals surface area contributed by atoms with Gasteiger partial charge in [-0.1, -0.05) is 30.3 Å². The molecule has 3 aromatic rings. The molecule has 1 fully saturated rings. The quantitative estimate of drug-likeness (QED) is 0.508.